The molecule has 0 aliphatic carbocycles. The normalized spacial score (nSPS) is 12.0. The summed E-state index contributed by atoms with van der Waals surface area (Å²) in [6.45, 7) is 1.65. The fraction of sp³-hybridized carbons (Fsp3) is 0.400. The summed E-state index contributed by atoms with van der Waals surface area (Å²) in [5.41, 5.74) is 6.90. The molecule has 23 heavy (non-hydrogen) atoms. The lowest BCUT2D eigenvalue weighted by molar-refractivity contribution is 0.484. The molecule has 13 heteroatoms. The average molecular weight is 341 g/mol. The van der Waals surface area contributed by atoms with Gasteiger partial charge in [0.15, 0.2) is 11.5 Å². The quantitative estimate of drug-likeness (QED) is 0.481. The van der Waals surface area contributed by atoms with Crippen LogP contribution in [0.3, 0.4) is 0 Å². The standard InChI is InChI=1S/C10H15N9O3S/c1-6-7(17-12-2)8(11)19(18-6)10-15-5-14-9(16-10)13-3-4-23(20,21)22/h5H,3-4,11H2,1-2H3,(H,20,21,22)(H,13,14,15,16). The van der Waals surface area contributed by atoms with Gasteiger partial charge in [0, 0.05) is 13.6 Å². The number of hydrogen-bond acceptors (Lipinski definition) is 10. The lowest BCUT2D eigenvalue weighted by Gasteiger charge is -2.05. The highest BCUT2D eigenvalue weighted by Crippen LogP contribution is 2.27. The van der Waals surface area contributed by atoms with E-state index >= 15 is 0 Å². The lowest BCUT2D eigenvalue weighted by atomic mass is 10.4. The van der Waals surface area contributed by atoms with Gasteiger partial charge in [-0.3, -0.25) is 4.55 Å². The van der Waals surface area contributed by atoms with Crippen LogP contribution in [0, 0.1) is 6.92 Å². The molecule has 2 aromatic rings. The number of aryl methyl sites for hydroxylation is 1. The summed E-state index contributed by atoms with van der Waals surface area (Å²) >= 11 is 0. The molecule has 2 aromatic heterocycles. The van der Waals surface area contributed by atoms with Gasteiger partial charge in [-0.25, -0.2) is 4.98 Å². The van der Waals surface area contributed by atoms with E-state index in [1.165, 1.54) is 18.1 Å². The highest BCUT2D eigenvalue weighted by molar-refractivity contribution is 7.85. The Morgan fingerprint density at radius 3 is 2.83 bits per heavy atom. The zero-order chi connectivity index (χ0) is 17.0. The first-order valence-corrected chi connectivity index (χ1v) is 7.96. The zero-order valence-electron chi connectivity index (χ0n) is 12.4. The molecule has 0 saturated carbocycles. The summed E-state index contributed by atoms with van der Waals surface area (Å²) in [7, 11) is -2.56. The second-order valence-electron chi connectivity index (χ2n) is 4.35. The maximum atomic E-state index is 10.7. The topological polar surface area (TPSA) is 174 Å². The van der Waals surface area contributed by atoms with Crippen LogP contribution in [0.2, 0.25) is 0 Å². The number of nitrogens with one attached hydrogen (secondary N) is 1. The first-order valence-electron chi connectivity index (χ1n) is 6.35. The van der Waals surface area contributed by atoms with Gasteiger partial charge >= 0.3 is 0 Å². The molecule has 4 N–H and O–H groups in total. The number of nitrogens with two attached hydrogens (primary N) is 1. The number of aromatic nitrogens is 5. The van der Waals surface area contributed by atoms with Crippen LogP contribution in [0.1, 0.15) is 5.69 Å². The van der Waals surface area contributed by atoms with Gasteiger partial charge in [-0.1, -0.05) is 0 Å². The van der Waals surface area contributed by atoms with Crippen molar-refractivity contribution >= 4 is 27.6 Å². The van der Waals surface area contributed by atoms with Crippen molar-refractivity contribution in [3.8, 4) is 5.95 Å². The predicted molar refractivity (Wildman–Crippen MR) is 81.4 cm³/mol. The Labute approximate surface area is 131 Å². The summed E-state index contributed by atoms with van der Waals surface area (Å²) in [6.07, 6.45) is 1.22. The Kier molecular flexibility index (Phi) is 4.80. The second kappa shape index (κ2) is 6.62. The maximum Gasteiger partial charge on any atom is 0.266 e. The highest BCUT2D eigenvalue weighted by atomic mass is 32.2. The Hall–Kier alpha value is -2.67. The minimum atomic E-state index is -4.07. The van der Waals surface area contributed by atoms with Crippen molar-refractivity contribution in [1.29, 1.82) is 0 Å². The first-order chi connectivity index (χ1) is 10.8. The molecule has 0 unspecified atom stereocenters. The van der Waals surface area contributed by atoms with Crippen LogP contribution in [0.15, 0.2) is 16.6 Å². The van der Waals surface area contributed by atoms with Crippen molar-refractivity contribution in [1.82, 2.24) is 24.7 Å². The molecule has 0 aliphatic rings. The molecule has 2 heterocycles. The number of nitrogens with zero attached hydrogens (tertiary/aromatic N) is 7. The number of rotatable bonds is 6. The Morgan fingerprint density at radius 2 is 2.17 bits per heavy atom. The molecule has 0 fully saturated rings. The first kappa shape index (κ1) is 16.7. The molecule has 0 amide bonds. The van der Waals surface area contributed by atoms with E-state index in [2.05, 4.69) is 35.6 Å². The smallest absolute Gasteiger partial charge is 0.266 e. The molecule has 12 nitrogen and oxygen atoms in total. The van der Waals surface area contributed by atoms with Crippen molar-refractivity contribution in [2.24, 2.45) is 10.2 Å². The van der Waals surface area contributed by atoms with Gasteiger partial charge in [0.1, 0.15) is 6.33 Å². The molecule has 0 saturated heterocycles. The Morgan fingerprint density at radius 1 is 1.43 bits per heavy atom. The number of azo groups is 1. The van der Waals surface area contributed by atoms with Crippen molar-refractivity contribution < 1.29 is 13.0 Å². The minimum Gasteiger partial charge on any atom is -0.382 e. The van der Waals surface area contributed by atoms with Crippen LogP contribution in [0.5, 0.6) is 0 Å². The molecule has 0 bridgehead atoms. The summed E-state index contributed by atoms with van der Waals surface area (Å²) < 4.78 is 31.3. The number of nitrogen functional groups attached to an aromatic ring is 1. The molecule has 0 aliphatic heterocycles. The number of anilines is 2. The molecule has 2 rings (SSSR count). The zero-order valence-corrected chi connectivity index (χ0v) is 13.2. The van der Waals surface area contributed by atoms with Gasteiger partial charge in [0.05, 0.1) is 11.4 Å². The van der Waals surface area contributed by atoms with Gasteiger partial charge < -0.3 is 11.1 Å². The van der Waals surface area contributed by atoms with Crippen molar-refractivity contribution in [3.05, 3.63) is 12.0 Å². The van der Waals surface area contributed by atoms with Crippen molar-refractivity contribution in [2.45, 2.75) is 6.92 Å². The molecule has 0 radical (unpaired) electrons. The van der Waals surface area contributed by atoms with Gasteiger partial charge in [-0.15, -0.1) is 0 Å². The van der Waals surface area contributed by atoms with E-state index in [-0.39, 0.29) is 24.3 Å². The van der Waals surface area contributed by atoms with Gasteiger partial charge in [0.2, 0.25) is 5.95 Å². The fourth-order valence-corrected chi connectivity index (χ4v) is 2.04. The monoisotopic (exact) mass is 341 g/mol. The molecule has 0 spiro atoms. The van der Waals surface area contributed by atoms with E-state index in [9.17, 15) is 8.42 Å². The van der Waals surface area contributed by atoms with Gasteiger partial charge in [0.25, 0.3) is 16.1 Å². The van der Waals surface area contributed by atoms with Crippen LogP contribution in [0.4, 0.5) is 17.5 Å². The van der Waals surface area contributed by atoms with E-state index in [0.29, 0.717) is 11.4 Å². The molecule has 0 atom stereocenters. The molecule has 0 aromatic carbocycles. The molecular formula is C10H15N9O3S. The third-order valence-electron chi connectivity index (χ3n) is 2.66. The van der Waals surface area contributed by atoms with Crippen molar-refractivity contribution in [3.63, 3.8) is 0 Å². The molecule has 124 valence electrons. The SMILES string of the molecule is CN=Nc1c(C)nn(-c2ncnc(NCCS(=O)(=O)O)n2)c1N. The molecular weight excluding hydrogens is 326 g/mol. The van der Waals surface area contributed by atoms with E-state index in [1.54, 1.807) is 6.92 Å². The predicted octanol–water partition coefficient (Wildman–Crippen LogP) is -0.0389. The number of hydrogen-bond donors (Lipinski definition) is 3. The van der Waals surface area contributed by atoms with Crippen LogP contribution in [-0.2, 0) is 10.1 Å². The summed E-state index contributed by atoms with van der Waals surface area (Å²) in [6, 6.07) is 0. The third-order valence-corrected chi connectivity index (χ3v) is 3.38. The second-order valence-corrected chi connectivity index (χ2v) is 5.93. The van der Waals surface area contributed by atoms with Crippen LogP contribution in [0.25, 0.3) is 5.95 Å². The minimum absolute atomic E-state index is 0.0643. The fourth-order valence-electron chi connectivity index (χ4n) is 1.68. The van der Waals surface area contributed by atoms with E-state index in [4.69, 9.17) is 10.3 Å². The average Bonchev–Trinajstić information content (AvgIpc) is 2.75. The van der Waals surface area contributed by atoms with E-state index in [0.717, 1.165) is 0 Å². The van der Waals surface area contributed by atoms with Gasteiger partial charge in [-0.05, 0) is 6.92 Å². The van der Waals surface area contributed by atoms with Crippen LogP contribution < -0.4 is 11.1 Å². The largest absolute Gasteiger partial charge is 0.382 e. The Balaban J connectivity index is 2.25. The Bertz CT molecular complexity index is 830. The summed E-state index contributed by atoms with van der Waals surface area (Å²) in [5, 5.41) is 14.4. The van der Waals surface area contributed by atoms with Crippen molar-refractivity contribution in [2.75, 3.05) is 30.4 Å². The van der Waals surface area contributed by atoms with Crippen LogP contribution >= 0.6 is 0 Å². The summed E-state index contributed by atoms with van der Waals surface area (Å²) in [5.74, 6) is -0.0153. The highest BCUT2D eigenvalue weighted by Gasteiger charge is 2.16. The van der Waals surface area contributed by atoms with E-state index < -0.39 is 15.9 Å². The maximum absolute atomic E-state index is 10.7. The lowest BCUT2D eigenvalue weighted by Crippen LogP contribution is -2.17. The van der Waals surface area contributed by atoms with E-state index in [1.807, 2.05) is 0 Å². The van der Waals surface area contributed by atoms with Crippen LogP contribution in [-0.4, -0.2) is 57.0 Å². The van der Waals surface area contributed by atoms with Gasteiger partial charge in [-0.2, -0.15) is 38.4 Å². The third kappa shape index (κ3) is 4.17. The summed E-state index contributed by atoms with van der Waals surface area (Å²) in [4.78, 5) is 11.9.